The maximum Gasteiger partial charge on any atom is 0.327 e. The third kappa shape index (κ3) is 3.03. The van der Waals surface area contributed by atoms with E-state index in [-0.39, 0.29) is 5.97 Å². The Balaban J connectivity index is 2.13. The molecule has 1 saturated carbocycles. The van der Waals surface area contributed by atoms with E-state index in [2.05, 4.69) is 10.3 Å². The summed E-state index contributed by atoms with van der Waals surface area (Å²) >= 11 is 0. The zero-order valence-corrected chi connectivity index (χ0v) is 10.3. The van der Waals surface area contributed by atoms with Gasteiger partial charge in [0.05, 0.1) is 7.11 Å². The topological polar surface area (TPSA) is 51.2 Å². The second-order valence-corrected chi connectivity index (χ2v) is 4.54. The van der Waals surface area contributed by atoms with E-state index in [4.69, 9.17) is 4.74 Å². The second kappa shape index (κ2) is 5.27. The number of ether oxygens (including phenoxy) is 1. The summed E-state index contributed by atoms with van der Waals surface area (Å²) in [6.07, 6.45) is 5.98. The number of pyridine rings is 1. The SMILES string of the molecule is COC(=O)C(NCC1CC1)c1cnccc1C. The van der Waals surface area contributed by atoms with Gasteiger partial charge in [0.1, 0.15) is 6.04 Å². The highest BCUT2D eigenvalue weighted by Crippen LogP contribution is 2.29. The van der Waals surface area contributed by atoms with Gasteiger partial charge in [-0.25, -0.2) is 4.79 Å². The molecule has 1 unspecified atom stereocenters. The van der Waals surface area contributed by atoms with E-state index in [1.54, 1.807) is 12.4 Å². The molecule has 1 N–H and O–H groups in total. The van der Waals surface area contributed by atoms with E-state index < -0.39 is 6.04 Å². The van der Waals surface area contributed by atoms with Crippen molar-refractivity contribution >= 4 is 5.97 Å². The molecule has 0 amide bonds. The highest BCUT2D eigenvalue weighted by Gasteiger charge is 2.27. The fourth-order valence-electron chi connectivity index (χ4n) is 1.82. The lowest BCUT2D eigenvalue weighted by Gasteiger charge is -2.18. The Hall–Kier alpha value is -1.42. The standard InChI is InChI=1S/C13H18N2O2/c1-9-5-6-14-8-11(9)12(13(16)17-2)15-7-10-3-4-10/h5-6,8,10,12,15H,3-4,7H2,1-2H3. The largest absolute Gasteiger partial charge is 0.468 e. The number of nitrogens with one attached hydrogen (secondary N) is 1. The maximum atomic E-state index is 11.8. The van der Waals surface area contributed by atoms with E-state index in [0.717, 1.165) is 23.6 Å². The Kier molecular flexibility index (Phi) is 3.74. The molecule has 0 aliphatic heterocycles. The Morgan fingerprint density at radius 1 is 1.65 bits per heavy atom. The first-order valence-electron chi connectivity index (χ1n) is 5.94. The predicted octanol–water partition coefficient (Wildman–Crippen LogP) is 1.60. The van der Waals surface area contributed by atoms with Gasteiger partial charge in [-0.15, -0.1) is 0 Å². The van der Waals surface area contributed by atoms with Crippen LogP contribution in [0, 0.1) is 12.8 Å². The number of rotatable bonds is 5. The van der Waals surface area contributed by atoms with Crippen LogP contribution in [0.3, 0.4) is 0 Å². The number of methoxy groups -OCH3 is 1. The fraction of sp³-hybridized carbons (Fsp3) is 0.538. The van der Waals surface area contributed by atoms with Crippen LogP contribution < -0.4 is 5.32 Å². The Labute approximate surface area is 101 Å². The third-order valence-electron chi connectivity index (χ3n) is 3.14. The lowest BCUT2D eigenvalue weighted by molar-refractivity contribution is -0.143. The number of aromatic nitrogens is 1. The van der Waals surface area contributed by atoms with Crippen LogP contribution >= 0.6 is 0 Å². The van der Waals surface area contributed by atoms with Gasteiger partial charge in [-0.05, 0) is 43.9 Å². The molecule has 1 fully saturated rings. The Morgan fingerprint density at radius 2 is 2.41 bits per heavy atom. The van der Waals surface area contributed by atoms with Gasteiger partial charge in [0.15, 0.2) is 0 Å². The van der Waals surface area contributed by atoms with Crippen molar-refractivity contribution in [3.05, 3.63) is 29.6 Å². The number of hydrogen-bond acceptors (Lipinski definition) is 4. The highest BCUT2D eigenvalue weighted by molar-refractivity contribution is 5.77. The number of hydrogen-bond donors (Lipinski definition) is 1. The number of aryl methyl sites for hydroxylation is 1. The molecule has 0 saturated heterocycles. The summed E-state index contributed by atoms with van der Waals surface area (Å²) in [4.78, 5) is 15.9. The van der Waals surface area contributed by atoms with Crippen molar-refractivity contribution in [1.82, 2.24) is 10.3 Å². The number of esters is 1. The second-order valence-electron chi connectivity index (χ2n) is 4.54. The van der Waals surface area contributed by atoms with Crippen LogP contribution in [-0.2, 0) is 9.53 Å². The van der Waals surface area contributed by atoms with Gasteiger partial charge in [0.2, 0.25) is 0 Å². The average molecular weight is 234 g/mol. The Morgan fingerprint density at radius 3 is 3.00 bits per heavy atom. The summed E-state index contributed by atoms with van der Waals surface area (Å²) in [5, 5.41) is 3.27. The van der Waals surface area contributed by atoms with Crippen molar-refractivity contribution in [3.63, 3.8) is 0 Å². The molecular weight excluding hydrogens is 216 g/mol. The summed E-state index contributed by atoms with van der Waals surface area (Å²) in [5.74, 6) is 0.473. The first kappa shape index (κ1) is 12.0. The number of carbonyl (C=O) groups is 1. The minimum atomic E-state index is -0.394. The van der Waals surface area contributed by atoms with Crippen LogP contribution in [0.1, 0.15) is 30.0 Å². The molecule has 1 aliphatic rings. The monoisotopic (exact) mass is 234 g/mol. The van der Waals surface area contributed by atoms with Crippen molar-refractivity contribution in [1.29, 1.82) is 0 Å². The molecule has 2 rings (SSSR count). The summed E-state index contributed by atoms with van der Waals surface area (Å²) in [6.45, 7) is 2.85. The Bertz CT molecular complexity index is 402. The zero-order valence-electron chi connectivity index (χ0n) is 10.3. The molecular formula is C13H18N2O2. The molecule has 4 nitrogen and oxygen atoms in total. The average Bonchev–Trinajstić information content (AvgIpc) is 3.15. The quantitative estimate of drug-likeness (QED) is 0.786. The van der Waals surface area contributed by atoms with Crippen molar-refractivity contribution < 1.29 is 9.53 Å². The van der Waals surface area contributed by atoms with Crippen molar-refractivity contribution in [2.45, 2.75) is 25.8 Å². The fourth-order valence-corrected chi connectivity index (χ4v) is 1.82. The molecule has 1 heterocycles. The van der Waals surface area contributed by atoms with E-state index in [9.17, 15) is 4.79 Å². The van der Waals surface area contributed by atoms with E-state index in [0.29, 0.717) is 0 Å². The van der Waals surface area contributed by atoms with E-state index >= 15 is 0 Å². The van der Waals surface area contributed by atoms with Gasteiger partial charge < -0.3 is 10.1 Å². The van der Waals surface area contributed by atoms with Crippen molar-refractivity contribution in [2.75, 3.05) is 13.7 Å². The molecule has 17 heavy (non-hydrogen) atoms. The summed E-state index contributed by atoms with van der Waals surface area (Å²) in [7, 11) is 1.42. The van der Waals surface area contributed by atoms with Gasteiger partial charge in [0, 0.05) is 18.0 Å². The molecule has 1 aromatic heterocycles. The molecule has 0 radical (unpaired) electrons. The molecule has 1 aliphatic carbocycles. The highest BCUT2D eigenvalue weighted by atomic mass is 16.5. The lowest BCUT2D eigenvalue weighted by atomic mass is 10.0. The summed E-state index contributed by atoms with van der Waals surface area (Å²) < 4.78 is 4.85. The van der Waals surface area contributed by atoms with Crippen LogP contribution in [-0.4, -0.2) is 24.6 Å². The van der Waals surface area contributed by atoms with Crippen LogP contribution in [0.5, 0.6) is 0 Å². The lowest BCUT2D eigenvalue weighted by Crippen LogP contribution is -2.31. The number of carbonyl (C=O) groups excluding carboxylic acids is 1. The molecule has 0 spiro atoms. The zero-order chi connectivity index (χ0) is 12.3. The minimum Gasteiger partial charge on any atom is -0.468 e. The first-order valence-corrected chi connectivity index (χ1v) is 5.94. The van der Waals surface area contributed by atoms with Crippen LogP contribution in [0.15, 0.2) is 18.5 Å². The van der Waals surface area contributed by atoms with Crippen LogP contribution in [0.25, 0.3) is 0 Å². The van der Waals surface area contributed by atoms with Gasteiger partial charge in [-0.2, -0.15) is 0 Å². The van der Waals surface area contributed by atoms with E-state index in [1.165, 1.54) is 20.0 Å². The maximum absolute atomic E-state index is 11.8. The molecule has 1 atom stereocenters. The van der Waals surface area contributed by atoms with Gasteiger partial charge in [-0.3, -0.25) is 4.98 Å². The van der Waals surface area contributed by atoms with Crippen molar-refractivity contribution in [3.8, 4) is 0 Å². The molecule has 0 aromatic carbocycles. The summed E-state index contributed by atoms with van der Waals surface area (Å²) in [5.41, 5.74) is 1.96. The molecule has 92 valence electrons. The predicted molar refractivity (Wildman–Crippen MR) is 64.5 cm³/mol. The van der Waals surface area contributed by atoms with Crippen molar-refractivity contribution in [2.24, 2.45) is 5.92 Å². The van der Waals surface area contributed by atoms with Crippen LogP contribution in [0.4, 0.5) is 0 Å². The van der Waals surface area contributed by atoms with Gasteiger partial charge in [-0.1, -0.05) is 0 Å². The third-order valence-corrected chi connectivity index (χ3v) is 3.14. The molecule has 0 bridgehead atoms. The molecule has 4 heteroatoms. The van der Waals surface area contributed by atoms with Gasteiger partial charge >= 0.3 is 5.97 Å². The van der Waals surface area contributed by atoms with Gasteiger partial charge in [0.25, 0.3) is 0 Å². The van der Waals surface area contributed by atoms with Crippen LogP contribution in [0.2, 0.25) is 0 Å². The molecule has 1 aromatic rings. The summed E-state index contributed by atoms with van der Waals surface area (Å²) in [6, 6.07) is 1.51. The van der Waals surface area contributed by atoms with E-state index in [1.807, 2.05) is 13.0 Å². The smallest absolute Gasteiger partial charge is 0.327 e. The normalized spacial score (nSPS) is 16.6. The minimum absolute atomic E-state index is 0.248. The first-order chi connectivity index (χ1) is 8.22. The number of nitrogens with zero attached hydrogens (tertiary/aromatic N) is 1.